The van der Waals surface area contributed by atoms with Gasteiger partial charge in [-0.2, -0.15) is 0 Å². The molecule has 1 fully saturated rings. The lowest BCUT2D eigenvalue weighted by Gasteiger charge is -2.27. The monoisotopic (exact) mass is 393 g/mol. The topological polar surface area (TPSA) is 49.3 Å². The van der Waals surface area contributed by atoms with Gasteiger partial charge < -0.3 is 10.4 Å². The number of carboxylic acids is 1. The van der Waals surface area contributed by atoms with E-state index in [4.69, 9.17) is 16.7 Å². The molecule has 1 aromatic carbocycles. The highest BCUT2D eigenvalue weighted by Gasteiger charge is 2.25. The van der Waals surface area contributed by atoms with E-state index < -0.39 is 5.97 Å². The van der Waals surface area contributed by atoms with Crippen LogP contribution in [0.1, 0.15) is 31.2 Å². The van der Waals surface area contributed by atoms with Crippen molar-refractivity contribution < 1.29 is 9.90 Å². The molecule has 1 saturated carbocycles. The zero-order valence-corrected chi connectivity index (χ0v) is 13.4. The van der Waals surface area contributed by atoms with Crippen LogP contribution in [0.2, 0.25) is 5.02 Å². The van der Waals surface area contributed by atoms with Crippen LogP contribution in [-0.4, -0.2) is 17.1 Å². The molecule has 0 heterocycles. The number of hydrogen-bond donors (Lipinski definition) is 2. The first-order valence-corrected chi connectivity index (χ1v) is 7.92. The number of rotatable bonds is 4. The first kappa shape index (κ1) is 15.1. The van der Waals surface area contributed by atoms with Gasteiger partial charge in [0.15, 0.2) is 0 Å². The minimum atomic E-state index is -0.650. The number of halogens is 2. The van der Waals surface area contributed by atoms with Gasteiger partial charge in [-0.25, -0.2) is 0 Å². The average molecular weight is 394 g/mol. The maximum atomic E-state index is 10.9. The highest BCUT2D eigenvalue weighted by molar-refractivity contribution is 14.1. The molecule has 3 nitrogen and oxygen atoms in total. The van der Waals surface area contributed by atoms with Crippen LogP contribution in [0.25, 0.3) is 0 Å². The largest absolute Gasteiger partial charge is 0.481 e. The van der Waals surface area contributed by atoms with Crippen LogP contribution < -0.4 is 5.32 Å². The summed E-state index contributed by atoms with van der Waals surface area (Å²) in [7, 11) is 0. The van der Waals surface area contributed by atoms with Gasteiger partial charge in [0.05, 0.1) is 10.9 Å². The first-order chi connectivity index (χ1) is 9.06. The molecule has 0 aromatic heterocycles. The summed E-state index contributed by atoms with van der Waals surface area (Å²) in [5, 5.41) is 13.2. The van der Waals surface area contributed by atoms with Gasteiger partial charge in [-0.1, -0.05) is 17.7 Å². The van der Waals surface area contributed by atoms with Crippen molar-refractivity contribution >= 4 is 40.2 Å². The van der Waals surface area contributed by atoms with Crippen molar-refractivity contribution in [3.8, 4) is 0 Å². The molecule has 0 unspecified atom stereocenters. The molecule has 1 aromatic rings. The molecule has 1 aliphatic rings. The second-order valence-electron chi connectivity index (χ2n) is 5.02. The fraction of sp³-hybridized carbons (Fsp3) is 0.500. The van der Waals surface area contributed by atoms with E-state index in [1.807, 2.05) is 12.1 Å². The van der Waals surface area contributed by atoms with Gasteiger partial charge in [0.2, 0.25) is 0 Å². The molecule has 104 valence electrons. The van der Waals surface area contributed by atoms with Gasteiger partial charge >= 0.3 is 5.97 Å². The van der Waals surface area contributed by atoms with Crippen molar-refractivity contribution in [1.29, 1.82) is 0 Å². The van der Waals surface area contributed by atoms with Crippen molar-refractivity contribution in [3.63, 3.8) is 0 Å². The van der Waals surface area contributed by atoms with E-state index >= 15 is 0 Å². The Balaban J connectivity index is 1.80. The van der Waals surface area contributed by atoms with Crippen LogP contribution in [-0.2, 0) is 11.3 Å². The van der Waals surface area contributed by atoms with Crippen LogP contribution in [0, 0.1) is 9.49 Å². The zero-order valence-electron chi connectivity index (χ0n) is 10.5. The Morgan fingerprint density at radius 3 is 2.63 bits per heavy atom. The second-order valence-corrected chi connectivity index (χ2v) is 6.59. The van der Waals surface area contributed by atoms with Crippen molar-refractivity contribution in [3.05, 3.63) is 32.4 Å². The minimum Gasteiger partial charge on any atom is -0.481 e. The molecular weight excluding hydrogens is 377 g/mol. The highest BCUT2D eigenvalue weighted by Crippen LogP contribution is 2.25. The summed E-state index contributed by atoms with van der Waals surface area (Å²) in [4.78, 5) is 10.9. The van der Waals surface area contributed by atoms with Crippen LogP contribution in [0.5, 0.6) is 0 Å². The Labute approximate surface area is 131 Å². The lowest BCUT2D eigenvalue weighted by Crippen LogP contribution is -2.34. The van der Waals surface area contributed by atoms with Crippen molar-refractivity contribution in [1.82, 2.24) is 5.32 Å². The summed E-state index contributed by atoms with van der Waals surface area (Å²) < 4.78 is 1.06. The molecule has 5 heteroatoms. The normalized spacial score (nSPS) is 23.3. The van der Waals surface area contributed by atoms with E-state index in [0.717, 1.165) is 40.8 Å². The molecular formula is C14H17ClINO2. The molecule has 0 aliphatic heterocycles. The summed E-state index contributed by atoms with van der Waals surface area (Å²) in [5.74, 6) is -0.798. The Morgan fingerprint density at radius 2 is 2.05 bits per heavy atom. The standard InChI is InChI=1S/C14H17ClINO2/c15-12-7-9(1-6-13(12)16)8-17-11-4-2-10(3-5-11)14(18)19/h1,6-7,10-11,17H,2-5,8H2,(H,18,19). The maximum Gasteiger partial charge on any atom is 0.306 e. The third-order valence-corrected chi connectivity index (χ3v) is 5.23. The molecule has 2 rings (SSSR count). The van der Waals surface area contributed by atoms with Gasteiger partial charge in [0.1, 0.15) is 0 Å². The van der Waals surface area contributed by atoms with Gasteiger partial charge in [-0.15, -0.1) is 0 Å². The predicted octanol–water partition coefficient (Wildman–Crippen LogP) is 3.68. The Kier molecular flexibility index (Phi) is 5.47. The summed E-state index contributed by atoms with van der Waals surface area (Å²) >= 11 is 8.30. The zero-order chi connectivity index (χ0) is 13.8. The molecule has 19 heavy (non-hydrogen) atoms. The van der Waals surface area contributed by atoms with Gasteiger partial charge in [-0.3, -0.25) is 4.79 Å². The number of aliphatic carboxylic acids is 1. The van der Waals surface area contributed by atoms with E-state index in [2.05, 4.69) is 34.0 Å². The summed E-state index contributed by atoms with van der Waals surface area (Å²) in [6, 6.07) is 6.50. The number of nitrogens with one attached hydrogen (secondary N) is 1. The van der Waals surface area contributed by atoms with Gasteiger partial charge in [-0.05, 0) is 66.0 Å². The van der Waals surface area contributed by atoms with E-state index in [9.17, 15) is 4.79 Å². The van der Waals surface area contributed by atoms with E-state index in [-0.39, 0.29) is 5.92 Å². The molecule has 0 spiro atoms. The number of benzene rings is 1. The SMILES string of the molecule is O=C(O)C1CCC(NCc2ccc(I)c(Cl)c2)CC1. The fourth-order valence-corrected chi connectivity index (χ4v) is 2.99. The third kappa shape index (κ3) is 4.33. The van der Waals surface area contributed by atoms with E-state index in [1.54, 1.807) is 0 Å². The van der Waals surface area contributed by atoms with Crippen LogP contribution in [0.15, 0.2) is 18.2 Å². The lowest BCUT2D eigenvalue weighted by molar-refractivity contribution is -0.142. The lowest BCUT2D eigenvalue weighted by atomic mass is 9.86. The molecule has 0 amide bonds. The molecule has 1 aliphatic carbocycles. The molecule has 0 atom stereocenters. The number of carboxylic acid groups (broad SMARTS) is 1. The molecule has 0 radical (unpaired) electrons. The van der Waals surface area contributed by atoms with Gasteiger partial charge in [0.25, 0.3) is 0 Å². The predicted molar refractivity (Wildman–Crippen MR) is 84.4 cm³/mol. The Hall–Kier alpha value is -0.330. The van der Waals surface area contributed by atoms with Gasteiger partial charge in [0, 0.05) is 16.2 Å². The summed E-state index contributed by atoms with van der Waals surface area (Å²) in [6.45, 7) is 0.791. The van der Waals surface area contributed by atoms with Crippen molar-refractivity contribution in [2.45, 2.75) is 38.3 Å². The molecule has 2 N–H and O–H groups in total. The van der Waals surface area contributed by atoms with E-state index in [1.165, 1.54) is 5.56 Å². The average Bonchev–Trinajstić information content (AvgIpc) is 2.40. The van der Waals surface area contributed by atoms with Crippen LogP contribution >= 0.6 is 34.2 Å². The summed E-state index contributed by atoms with van der Waals surface area (Å²) in [5.41, 5.74) is 1.17. The number of hydrogen-bond acceptors (Lipinski definition) is 2. The minimum absolute atomic E-state index is 0.147. The Bertz CT molecular complexity index is 459. The fourth-order valence-electron chi connectivity index (χ4n) is 2.46. The second kappa shape index (κ2) is 6.90. The van der Waals surface area contributed by atoms with Crippen LogP contribution in [0.4, 0.5) is 0 Å². The Morgan fingerprint density at radius 1 is 1.37 bits per heavy atom. The first-order valence-electron chi connectivity index (χ1n) is 6.46. The molecule has 0 bridgehead atoms. The third-order valence-electron chi connectivity index (χ3n) is 3.66. The van der Waals surface area contributed by atoms with Crippen LogP contribution in [0.3, 0.4) is 0 Å². The van der Waals surface area contributed by atoms with Crippen molar-refractivity contribution in [2.75, 3.05) is 0 Å². The summed E-state index contributed by atoms with van der Waals surface area (Å²) in [6.07, 6.45) is 3.44. The number of carbonyl (C=O) groups is 1. The van der Waals surface area contributed by atoms with E-state index in [0.29, 0.717) is 6.04 Å². The molecule has 0 saturated heterocycles. The van der Waals surface area contributed by atoms with Crippen molar-refractivity contribution in [2.24, 2.45) is 5.92 Å². The smallest absolute Gasteiger partial charge is 0.306 e. The maximum absolute atomic E-state index is 10.9. The highest BCUT2D eigenvalue weighted by atomic mass is 127. The quantitative estimate of drug-likeness (QED) is 0.767.